The van der Waals surface area contributed by atoms with Gasteiger partial charge in [0, 0.05) is 6.61 Å². The summed E-state index contributed by atoms with van der Waals surface area (Å²) in [6.07, 6.45) is 0.882. The van der Waals surface area contributed by atoms with Crippen LogP contribution in [0.1, 0.15) is 25.3 Å². The SMILES string of the molecule is C[C@@H](OC[C@H]1CCCO1)C(=O)NS(=O)(=O)c1ccc(C#N)cc1. The van der Waals surface area contributed by atoms with E-state index in [1.807, 2.05) is 10.8 Å². The molecule has 1 fully saturated rings. The molecule has 1 aromatic rings. The molecule has 124 valence electrons. The quantitative estimate of drug-likeness (QED) is 0.828. The summed E-state index contributed by atoms with van der Waals surface area (Å²) in [7, 11) is -3.99. The topological polar surface area (TPSA) is 105 Å². The Labute approximate surface area is 135 Å². The number of nitrogens with one attached hydrogen (secondary N) is 1. The highest BCUT2D eigenvalue weighted by Crippen LogP contribution is 2.13. The largest absolute Gasteiger partial charge is 0.376 e. The lowest BCUT2D eigenvalue weighted by atomic mass is 10.2. The number of amides is 1. The molecule has 0 unspecified atom stereocenters. The molecule has 1 heterocycles. The van der Waals surface area contributed by atoms with Crippen molar-refractivity contribution in [3.63, 3.8) is 0 Å². The second-order valence-electron chi connectivity index (χ2n) is 5.22. The zero-order valence-corrected chi connectivity index (χ0v) is 13.5. The number of sulfonamides is 1. The first-order valence-electron chi connectivity index (χ1n) is 7.22. The molecule has 1 saturated heterocycles. The fraction of sp³-hybridized carbons (Fsp3) is 0.467. The molecule has 8 heteroatoms. The number of nitrogens with zero attached hydrogens (tertiary/aromatic N) is 1. The van der Waals surface area contributed by atoms with Gasteiger partial charge in [-0.3, -0.25) is 4.79 Å². The van der Waals surface area contributed by atoms with Crippen molar-refractivity contribution >= 4 is 15.9 Å². The van der Waals surface area contributed by atoms with Gasteiger partial charge >= 0.3 is 0 Å². The third-order valence-electron chi connectivity index (χ3n) is 3.45. The van der Waals surface area contributed by atoms with Crippen LogP contribution < -0.4 is 4.72 Å². The average molecular weight is 338 g/mol. The molecule has 0 bridgehead atoms. The first kappa shape index (κ1) is 17.4. The van der Waals surface area contributed by atoms with E-state index in [4.69, 9.17) is 14.7 Å². The number of nitriles is 1. The van der Waals surface area contributed by atoms with Crippen molar-refractivity contribution in [1.29, 1.82) is 5.26 Å². The third kappa shape index (κ3) is 4.76. The lowest BCUT2D eigenvalue weighted by Crippen LogP contribution is -2.39. The van der Waals surface area contributed by atoms with Gasteiger partial charge in [-0.05, 0) is 44.0 Å². The zero-order chi connectivity index (χ0) is 16.9. The van der Waals surface area contributed by atoms with Gasteiger partial charge in [-0.25, -0.2) is 13.1 Å². The number of carbonyl (C=O) groups excluding carboxylic acids is 1. The van der Waals surface area contributed by atoms with Gasteiger partial charge in [0.05, 0.1) is 29.2 Å². The van der Waals surface area contributed by atoms with Crippen LogP contribution in [0, 0.1) is 11.3 Å². The van der Waals surface area contributed by atoms with Crippen molar-refractivity contribution in [3.8, 4) is 6.07 Å². The molecule has 1 N–H and O–H groups in total. The standard InChI is InChI=1S/C15H18N2O5S/c1-11(22-10-13-3-2-8-21-13)15(18)17-23(19,20)14-6-4-12(9-16)5-7-14/h4-7,11,13H,2-3,8,10H2,1H3,(H,17,18)/t11-,13-/m1/s1. The first-order valence-corrected chi connectivity index (χ1v) is 8.71. The van der Waals surface area contributed by atoms with Crippen molar-refractivity contribution in [3.05, 3.63) is 29.8 Å². The van der Waals surface area contributed by atoms with Crippen LogP contribution in [-0.2, 0) is 24.3 Å². The Balaban J connectivity index is 1.92. The van der Waals surface area contributed by atoms with E-state index in [1.54, 1.807) is 0 Å². The minimum atomic E-state index is -3.99. The summed E-state index contributed by atoms with van der Waals surface area (Å²) < 4.78 is 36.9. The number of ether oxygens (including phenoxy) is 2. The summed E-state index contributed by atoms with van der Waals surface area (Å²) in [5, 5.41) is 8.70. The monoisotopic (exact) mass is 338 g/mol. The minimum Gasteiger partial charge on any atom is -0.376 e. The molecule has 7 nitrogen and oxygen atoms in total. The minimum absolute atomic E-state index is 0.0413. The lowest BCUT2D eigenvalue weighted by molar-refractivity contribution is -0.131. The van der Waals surface area contributed by atoms with Crippen LogP contribution in [0.3, 0.4) is 0 Å². The van der Waals surface area contributed by atoms with Gasteiger partial charge in [0.25, 0.3) is 15.9 Å². The van der Waals surface area contributed by atoms with Gasteiger partial charge < -0.3 is 9.47 Å². The van der Waals surface area contributed by atoms with Gasteiger partial charge in [-0.2, -0.15) is 5.26 Å². The highest BCUT2D eigenvalue weighted by Gasteiger charge is 2.24. The summed E-state index contributed by atoms with van der Waals surface area (Å²) >= 11 is 0. The van der Waals surface area contributed by atoms with E-state index in [1.165, 1.54) is 31.2 Å². The van der Waals surface area contributed by atoms with Crippen LogP contribution in [0.15, 0.2) is 29.2 Å². The van der Waals surface area contributed by atoms with Gasteiger partial charge in [-0.15, -0.1) is 0 Å². The van der Waals surface area contributed by atoms with Crippen molar-refractivity contribution < 1.29 is 22.7 Å². The van der Waals surface area contributed by atoms with Gasteiger partial charge in [0.1, 0.15) is 6.10 Å². The molecular formula is C15H18N2O5S. The molecule has 2 atom stereocenters. The molecule has 0 aromatic heterocycles. The van der Waals surface area contributed by atoms with Crippen molar-refractivity contribution in [1.82, 2.24) is 4.72 Å². The van der Waals surface area contributed by atoms with E-state index >= 15 is 0 Å². The normalized spacial score (nSPS) is 19.0. The van der Waals surface area contributed by atoms with Crippen molar-refractivity contribution in [2.75, 3.05) is 13.2 Å². The molecular weight excluding hydrogens is 320 g/mol. The van der Waals surface area contributed by atoms with E-state index in [-0.39, 0.29) is 17.6 Å². The van der Waals surface area contributed by atoms with E-state index in [0.717, 1.165) is 12.8 Å². The lowest BCUT2D eigenvalue weighted by Gasteiger charge is -2.16. The van der Waals surface area contributed by atoms with Crippen LogP contribution in [0.4, 0.5) is 0 Å². The molecule has 23 heavy (non-hydrogen) atoms. The summed E-state index contributed by atoms with van der Waals surface area (Å²) in [4.78, 5) is 11.9. The Kier molecular flexibility index (Phi) is 5.71. The Hall–Kier alpha value is -1.95. The van der Waals surface area contributed by atoms with Crippen LogP contribution in [-0.4, -0.2) is 39.7 Å². The predicted molar refractivity (Wildman–Crippen MR) is 80.9 cm³/mol. The van der Waals surface area contributed by atoms with E-state index in [9.17, 15) is 13.2 Å². The second kappa shape index (κ2) is 7.55. The molecule has 1 aliphatic rings. The van der Waals surface area contributed by atoms with Gasteiger partial charge in [0.2, 0.25) is 0 Å². The fourth-order valence-corrected chi connectivity index (χ4v) is 3.13. The highest BCUT2D eigenvalue weighted by atomic mass is 32.2. The smallest absolute Gasteiger partial charge is 0.264 e. The summed E-state index contributed by atoms with van der Waals surface area (Å²) in [6, 6.07) is 7.18. The van der Waals surface area contributed by atoms with Crippen molar-refractivity contribution in [2.24, 2.45) is 0 Å². The molecule has 2 rings (SSSR count). The number of hydrogen-bond acceptors (Lipinski definition) is 6. The zero-order valence-electron chi connectivity index (χ0n) is 12.7. The van der Waals surface area contributed by atoms with Gasteiger partial charge in [0.15, 0.2) is 0 Å². The molecule has 0 saturated carbocycles. The van der Waals surface area contributed by atoms with E-state index in [0.29, 0.717) is 12.2 Å². The molecule has 0 radical (unpaired) electrons. The first-order chi connectivity index (χ1) is 10.9. The Morgan fingerprint density at radius 1 is 1.48 bits per heavy atom. The van der Waals surface area contributed by atoms with Crippen LogP contribution in [0.2, 0.25) is 0 Å². The average Bonchev–Trinajstić information content (AvgIpc) is 3.05. The predicted octanol–water partition coefficient (Wildman–Crippen LogP) is 0.947. The van der Waals surface area contributed by atoms with E-state index in [2.05, 4.69) is 0 Å². The van der Waals surface area contributed by atoms with Crippen LogP contribution in [0.25, 0.3) is 0 Å². The summed E-state index contributed by atoms with van der Waals surface area (Å²) in [6.45, 7) is 2.42. The number of hydrogen-bond donors (Lipinski definition) is 1. The molecule has 1 aliphatic heterocycles. The van der Waals surface area contributed by atoms with E-state index < -0.39 is 22.0 Å². The molecule has 1 aromatic carbocycles. The second-order valence-corrected chi connectivity index (χ2v) is 6.90. The molecule has 1 amide bonds. The Morgan fingerprint density at radius 3 is 2.74 bits per heavy atom. The maximum atomic E-state index is 12.1. The van der Waals surface area contributed by atoms with Gasteiger partial charge in [-0.1, -0.05) is 0 Å². The van der Waals surface area contributed by atoms with Crippen LogP contribution in [0.5, 0.6) is 0 Å². The maximum Gasteiger partial charge on any atom is 0.264 e. The highest BCUT2D eigenvalue weighted by molar-refractivity contribution is 7.90. The van der Waals surface area contributed by atoms with Crippen LogP contribution >= 0.6 is 0 Å². The molecule has 0 aliphatic carbocycles. The number of rotatable bonds is 6. The number of carbonyl (C=O) groups is 1. The Morgan fingerprint density at radius 2 is 2.17 bits per heavy atom. The summed E-state index contributed by atoms with van der Waals surface area (Å²) in [5.74, 6) is -0.743. The fourth-order valence-electron chi connectivity index (χ4n) is 2.09. The maximum absolute atomic E-state index is 12.1. The summed E-state index contributed by atoms with van der Waals surface area (Å²) in [5.41, 5.74) is 0.337. The molecule has 0 spiro atoms. The Bertz CT molecular complexity index is 688. The third-order valence-corrected chi connectivity index (χ3v) is 4.82. The number of benzene rings is 1. The van der Waals surface area contributed by atoms with Crippen molar-refractivity contribution in [2.45, 2.75) is 36.9 Å².